The Balaban J connectivity index is 2.02. The first-order valence-electron chi connectivity index (χ1n) is 6.62. The molecule has 0 spiro atoms. The molecule has 6 nitrogen and oxygen atoms in total. The minimum absolute atomic E-state index is 0.128. The van der Waals surface area contributed by atoms with Gasteiger partial charge in [-0.15, -0.1) is 11.3 Å². The molecule has 2 atom stereocenters. The summed E-state index contributed by atoms with van der Waals surface area (Å²) < 4.78 is 5.44. The van der Waals surface area contributed by atoms with Crippen LogP contribution in [0.15, 0.2) is 6.20 Å². The number of aromatic nitrogens is 1. The van der Waals surface area contributed by atoms with E-state index in [1.807, 2.05) is 13.8 Å². The number of amides is 1. The topological polar surface area (TPSA) is 79.7 Å². The Morgan fingerprint density at radius 3 is 3.00 bits per heavy atom. The standard InChI is InChI=1S/C13H18N2O4S/c1-3-19-8(2)11-14-6-10(20-11)12(16)15-5-4-9(7-15)13(17)18/h6,8-9H,3-5,7H2,1-2H3,(H,17,18). The second kappa shape index (κ2) is 6.32. The van der Waals surface area contributed by atoms with Crippen LogP contribution in [0.1, 0.15) is 41.1 Å². The molecule has 1 aromatic rings. The van der Waals surface area contributed by atoms with E-state index in [0.29, 0.717) is 24.4 Å². The smallest absolute Gasteiger partial charge is 0.308 e. The van der Waals surface area contributed by atoms with Crippen molar-refractivity contribution in [2.45, 2.75) is 26.4 Å². The van der Waals surface area contributed by atoms with Crippen LogP contribution in [0.4, 0.5) is 0 Å². The van der Waals surface area contributed by atoms with Crippen LogP contribution in [0.25, 0.3) is 0 Å². The maximum atomic E-state index is 12.3. The van der Waals surface area contributed by atoms with Crippen molar-refractivity contribution in [3.63, 3.8) is 0 Å². The van der Waals surface area contributed by atoms with Gasteiger partial charge in [-0.25, -0.2) is 4.98 Å². The van der Waals surface area contributed by atoms with Crippen molar-refractivity contribution in [1.82, 2.24) is 9.88 Å². The van der Waals surface area contributed by atoms with Gasteiger partial charge in [-0.3, -0.25) is 9.59 Å². The van der Waals surface area contributed by atoms with Gasteiger partial charge in [0.1, 0.15) is 16.0 Å². The maximum absolute atomic E-state index is 12.3. The number of carboxylic acids is 1. The van der Waals surface area contributed by atoms with E-state index in [1.165, 1.54) is 11.3 Å². The molecule has 1 aliphatic rings. The van der Waals surface area contributed by atoms with Crippen molar-refractivity contribution >= 4 is 23.2 Å². The highest BCUT2D eigenvalue weighted by Crippen LogP contribution is 2.25. The molecule has 2 heterocycles. The molecule has 2 unspecified atom stereocenters. The Bertz CT molecular complexity index is 502. The van der Waals surface area contributed by atoms with Crippen LogP contribution in [-0.2, 0) is 9.53 Å². The van der Waals surface area contributed by atoms with Crippen molar-refractivity contribution in [3.05, 3.63) is 16.1 Å². The molecule has 1 aromatic heterocycles. The first-order chi connectivity index (χ1) is 9.52. The molecule has 1 saturated heterocycles. The lowest BCUT2D eigenvalue weighted by atomic mass is 10.1. The lowest BCUT2D eigenvalue weighted by Gasteiger charge is -2.14. The van der Waals surface area contributed by atoms with Crippen LogP contribution in [0.2, 0.25) is 0 Å². The molecule has 0 saturated carbocycles. The first kappa shape index (κ1) is 14.9. The first-order valence-corrected chi connectivity index (χ1v) is 7.44. The van der Waals surface area contributed by atoms with Gasteiger partial charge in [-0.1, -0.05) is 0 Å². The predicted octanol–water partition coefficient (Wildman–Crippen LogP) is 1.79. The number of carboxylic acid groups (broad SMARTS) is 1. The van der Waals surface area contributed by atoms with Gasteiger partial charge in [0, 0.05) is 19.7 Å². The van der Waals surface area contributed by atoms with E-state index in [1.54, 1.807) is 11.1 Å². The molecule has 1 N–H and O–H groups in total. The second-order valence-corrected chi connectivity index (χ2v) is 5.80. The van der Waals surface area contributed by atoms with E-state index in [4.69, 9.17) is 9.84 Å². The molecular weight excluding hydrogens is 280 g/mol. The van der Waals surface area contributed by atoms with E-state index >= 15 is 0 Å². The van der Waals surface area contributed by atoms with E-state index in [0.717, 1.165) is 5.01 Å². The molecule has 1 amide bonds. The maximum Gasteiger partial charge on any atom is 0.308 e. The Labute approximate surface area is 121 Å². The number of likely N-dealkylation sites (tertiary alicyclic amines) is 1. The zero-order valence-corrected chi connectivity index (χ0v) is 12.4. The van der Waals surface area contributed by atoms with Gasteiger partial charge in [0.05, 0.1) is 12.1 Å². The Hall–Kier alpha value is -1.47. The van der Waals surface area contributed by atoms with Crippen LogP contribution >= 0.6 is 11.3 Å². The molecule has 20 heavy (non-hydrogen) atoms. The number of carbonyl (C=O) groups excluding carboxylic acids is 1. The molecular formula is C13H18N2O4S. The minimum atomic E-state index is -0.838. The molecule has 2 rings (SSSR count). The van der Waals surface area contributed by atoms with E-state index in [9.17, 15) is 9.59 Å². The van der Waals surface area contributed by atoms with Crippen molar-refractivity contribution in [1.29, 1.82) is 0 Å². The van der Waals surface area contributed by atoms with Crippen LogP contribution in [0.5, 0.6) is 0 Å². The number of hydrogen-bond acceptors (Lipinski definition) is 5. The van der Waals surface area contributed by atoms with E-state index in [-0.39, 0.29) is 18.6 Å². The third kappa shape index (κ3) is 3.16. The summed E-state index contributed by atoms with van der Waals surface area (Å²) in [5.41, 5.74) is 0. The largest absolute Gasteiger partial charge is 0.481 e. The highest BCUT2D eigenvalue weighted by Gasteiger charge is 2.32. The molecule has 1 aliphatic heterocycles. The minimum Gasteiger partial charge on any atom is -0.481 e. The average Bonchev–Trinajstić information content (AvgIpc) is 3.08. The molecule has 0 bridgehead atoms. The Morgan fingerprint density at radius 1 is 1.65 bits per heavy atom. The summed E-state index contributed by atoms with van der Waals surface area (Å²) in [6.45, 7) is 5.17. The number of hydrogen-bond donors (Lipinski definition) is 1. The van der Waals surface area contributed by atoms with Crippen LogP contribution in [0.3, 0.4) is 0 Å². The Morgan fingerprint density at radius 2 is 2.40 bits per heavy atom. The third-order valence-electron chi connectivity index (χ3n) is 3.32. The van der Waals surface area contributed by atoms with Gasteiger partial charge in [-0.2, -0.15) is 0 Å². The number of ether oxygens (including phenoxy) is 1. The molecule has 0 aromatic carbocycles. The van der Waals surface area contributed by atoms with Crippen LogP contribution < -0.4 is 0 Å². The number of aliphatic carboxylic acids is 1. The summed E-state index contributed by atoms with van der Waals surface area (Å²) in [5.74, 6) is -1.43. The van der Waals surface area contributed by atoms with Gasteiger partial charge < -0.3 is 14.7 Å². The highest BCUT2D eigenvalue weighted by atomic mass is 32.1. The van der Waals surface area contributed by atoms with Crippen molar-refractivity contribution in [2.24, 2.45) is 5.92 Å². The molecule has 0 aliphatic carbocycles. The second-order valence-electron chi connectivity index (χ2n) is 4.74. The van der Waals surface area contributed by atoms with Gasteiger partial charge in [-0.05, 0) is 20.3 Å². The summed E-state index contributed by atoms with van der Waals surface area (Å²) in [4.78, 5) is 29.5. The number of carbonyl (C=O) groups is 2. The van der Waals surface area contributed by atoms with Crippen LogP contribution in [0, 0.1) is 5.92 Å². The summed E-state index contributed by atoms with van der Waals surface area (Å²) in [6.07, 6.45) is 1.94. The van der Waals surface area contributed by atoms with Gasteiger partial charge in [0.2, 0.25) is 0 Å². The monoisotopic (exact) mass is 298 g/mol. The summed E-state index contributed by atoms with van der Waals surface area (Å²) in [5, 5.41) is 9.72. The van der Waals surface area contributed by atoms with Crippen molar-refractivity contribution in [3.8, 4) is 0 Å². The fourth-order valence-electron chi connectivity index (χ4n) is 2.20. The normalized spacial score (nSPS) is 20.1. The predicted molar refractivity (Wildman–Crippen MR) is 73.8 cm³/mol. The zero-order valence-electron chi connectivity index (χ0n) is 11.5. The number of nitrogens with zero attached hydrogens (tertiary/aromatic N) is 2. The zero-order chi connectivity index (χ0) is 14.7. The average molecular weight is 298 g/mol. The summed E-state index contributed by atoms with van der Waals surface area (Å²) in [6, 6.07) is 0. The lowest BCUT2D eigenvalue weighted by Crippen LogP contribution is -2.29. The SMILES string of the molecule is CCOC(C)c1ncc(C(=O)N2CCC(C(=O)O)C2)s1. The quantitative estimate of drug-likeness (QED) is 0.896. The molecule has 0 radical (unpaired) electrons. The molecule has 7 heteroatoms. The Kier molecular flexibility index (Phi) is 4.72. The fourth-order valence-corrected chi connectivity index (χ4v) is 3.08. The number of rotatable bonds is 5. The van der Waals surface area contributed by atoms with Crippen molar-refractivity contribution < 1.29 is 19.4 Å². The van der Waals surface area contributed by atoms with E-state index < -0.39 is 11.9 Å². The molecule has 110 valence electrons. The number of thiazole rings is 1. The fraction of sp³-hybridized carbons (Fsp3) is 0.615. The molecule has 1 fully saturated rings. The van der Waals surface area contributed by atoms with Crippen LogP contribution in [-0.4, -0.2) is 46.6 Å². The highest BCUT2D eigenvalue weighted by molar-refractivity contribution is 7.13. The summed E-state index contributed by atoms with van der Waals surface area (Å²) >= 11 is 1.31. The van der Waals surface area contributed by atoms with Gasteiger partial charge in [0.15, 0.2) is 0 Å². The lowest BCUT2D eigenvalue weighted by molar-refractivity contribution is -0.141. The summed E-state index contributed by atoms with van der Waals surface area (Å²) in [7, 11) is 0. The van der Waals surface area contributed by atoms with Crippen molar-refractivity contribution in [2.75, 3.05) is 19.7 Å². The van der Waals surface area contributed by atoms with Gasteiger partial charge in [0.25, 0.3) is 5.91 Å². The van der Waals surface area contributed by atoms with E-state index in [2.05, 4.69) is 4.98 Å². The van der Waals surface area contributed by atoms with Gasteiger partial charge >= 0.3 is 5.97 Å². The third-order valence-corrected chi connectivity index (χ3v) is 4.47.